The molecule has 0 aliphatic carbocycles. The van der Waals surface area contributed by atoms with Gasteiger partial charge in [0.2, 0.25) is 0 Å². The summed E-state index contributed by atoms with van der Waals surface area (Å²) in [6.07, 6.45) is 0. The van der Waals surface area contributed by atoms with Crippen molar-refractivity contribution in [3.63, 3.8) is 0 Å². The number of aryl methyl sites for hydroxylation is 2. The number of benzene rings is 2. The summed E-state index contributed by atoms with van der Waals surface area (Å²) >= 11 is 0. The van der Waals surface area contributed by atoms with Gasteiger partial charge in [-0.15, -0.1) is 0 Å². The quantitative estimate of drug-likeness (QED) is 0.659. The summed E-state index contributed by atoms with van der Waals surface area (Å²) < 4.78 is 28.1. The van der Waals surface area contributed by atoms with Crippen LogP contribution in [0.5, 0.6) is 0 Å². The Kier molecular flexibility index (Phi) is 6.17. The second-order valence-electron chi connectivity index (χ2n) is 5.78. The highest BCUT2D eigenvalue weighted by atomic mass is 32.2. The number of para-hydroxylation sites is 1. The van der Waals surface area contributed by atoms with E-state index in [9.17, 15) is 13.2 Å². The monoisotopic (exact) mass is 361 g/mol. The van der Waals surface area contributed by atoms with Crippen molar-refractivity contribution in [1.82, 2.24) is 10.6 Å². The summed E-state index contributed by atoms with van der Waals surface area (Å²) in [6.45, 7) is 4.65. The minimum absolute atomic E-state index is 0.206. The Hall–Kier alpha value is -2.38. The van der Waals surface area contributed by atoms with Crippen molar-refractivity contribution in [2.45, 2.75) is 18.7 Å². The molecule has 2 aromatic carbocycles. The molecule has 7 heteroatoms. The molecule has 0 aromatic heterocycles. The number of hydrogen-bond donors (Lipinski definition) is 3. The van der Waals surface area contributed by atoms with Gasteiger partial charge in [0.05, 0.1) is 16.1 Å². The molecular weight excluding hydrogens is 338 g/mol. The Morgan fingerprint density at radius 1 is 1.04 bits per heavy atom. The topological polar surface area (TPSA) is 87.3 Å². The van der Waals surface area contributed by atoms with Crippen LogP contribution in [0, 0.1) is 13.8 Å². The van der Waals surface area contributed by atoms with Crippen molar-refractivity contribution >= 4 is 21.6 Å². The third-order valence-corrected chi connectivity index (χ3v) is 5.22. The van der Waals surface area contributed by atoms with Crippen LogP contribution in [0.4, 0.5) is 5.69 Å². The second-order valence-corrected chi connectivity index (χ2v) is 7.43. The number of anilines is 1. The zero-order valence-electron chi connectivity index (χ0n) is 14.6. The van der Waals surface area contributed by atoms with E-state index in [1.54, 1.807) is 50.4 Å². The first-order valence-electron chi connectivity index (χ1n) is 7.97. The molecule has 3 N–H and O–H groups in total. The zero-order chi connectivity index (χ0) is 18.4. The van der Waals surface area contributed by atoms with Gasteiger partial charge in [0.25, 0.3) is 15.9 Å². The summed E-state index contributed by atoms with van der Waals surface area (Å²) in [5, 5.41) is 5.68. The summed E-state index contributed by atoms with van der Waals surface area (Å²) in [6, 6.07) is 11.8. The number of hydrogen-bond acceptors (Lipinski definition) is 4. The molecule has 0 fully saturated rings. The zero-order valence-corrected chi connectivity index (χ0v) is 15.4. The molecule has 0 saturated heterocycles. The molecular formula is C18H23N3O3S. The van der Waals surface area contributed by atoms with Gasteiger partial charge in [0, 0.05) is 13.1 Å². The van der Waals surface area contributed by atoms with Crippen molar-refractivity contribution < 1.29 is 13.2 Å². The summed E-state index contributed by atoms with van der Waals surface area (Å²) in [5.41, 5.74) is 2.04. The van der Waals surface area contributed by atoms with Crippen LogP contribution in [0.2, 0.25) is 0 Å². The van der Waals surface area contributed by atoms with Gasteiger partial charge in [0.1, 0.15) is 0 Å². The van der Waals surface area contributed by atoms with E-state index in [2.05, 4.69) is 15.4 Å². The van der Waals surface area contributed by atoms with Crippen LogP contribution in [0.25, 0.3) is 0 Å². The molecule has 0 bridgehead atoms. The first-order chi connectivity index (χ1) is 11.8. The van der Waals surface area contributed by atoms with E-state index in [0.29, 0.717) is 18.7 Å². The highest BCUT2D eigenvalue weighted by molar-refractivity contribution is 7.92. The highest BCUT2D eigenvalue weighted by Crippen LogP contribution is 2.23. The van der Waals surface area contributed by atoms with E-state index >= 15 is 0 Å². The van der Waals surface area contributed by atoms with E-state index in [0.717, 1.165) is 5.56 Å². The SMILES string of the molecule is CNCCNC(=O)c1ccccc1NS(=O)(=O)c1cc(C)ccc1C. The maximum absolute atomic E-state index is 12.8. The smallest absolute Gasteiger partial charge is 0.262 e. The fraction of sp³-hybridized carbons (Fsp3) is 0.278. The molecule has 0 aliphatic rings. The maximum Gasteiger partial charge on any atom is 0.262 e. The van der Waals surface area contributed by atoms with Crippen molar-refractivity contribution in [1.29, 1.82) is 0 Å². The molecule has 2 rings (SSSR count). The molecule has 6 nitrogen and oxygen atoms in total. The van der Waals surface area contributed by atoms with E-state index < -0.39 is 10.0 Å². The first-order valence-corrected chi connectivity index (χ1v) is 9.45. The predicted molar refractivity (Wildman–Crippen MR) is 99.4 cm³/mol. The Morgan fingerprint density at radius 3 is 2.48 bits per heavy atom. The van der Waals surface area contributed by atoms with Crippen molar-refractivity contribution in [3.8, 4) is 0 Å². The first kappa shape index (κ1) is 19.0. The van der Waals surface area contributed by atoms with Gasteiger partial charge in [-0.3, -0.25) is 9.52 Å². The second kappa shape index (κ2) is 8.13. The standard InChI is InChI=1S/C18H23N3O3S/c1-13-8-9-14(2)17(12-13)25(23,24)21-16-7-5-4-6-15(16)18(22)20-11-10-19-3/h4-9,12,19,21H,10-11H2,1-3H3,(H,20,22). The van der Waals surface area contributed by atoms with Crippen molar-refractivity contribution in [2.75, 3.05) is 24.9 Å². The van der Waals surface area contributed by atoms with Crippen LogP contribution >= 0.6 is 0 Å². The van der Waals surface area contributed by atoms with Crippen LogP contribution in [0.15, 0.2) is 47.4 Å². The Bertz CT molecular complexity index is 864. The maximum atomic E-state index is 12.8. The summed E-state index contributed by atoms with van der Waals surface area (Å²) in [7, 11) is -2.00. The van der Waals surface area contributed by atoms with Gasteiger partial charge >= 0.3 is 0 Å². The lowest BCUT2D eigenvalue weighted by atomic mass is 10.1. The predicted octanol–water partition coefficient (Wildman–Crippen LogP) is 2.05. The third kappa shape index (κ3) is 4.80. The lowest BCUT2D eigenvalue weighted by Gasteiger charge is -2.14. The molecule has 134 valence electrons. The molecule has 0 aliphatic heterocycles. The molecule has 0 atom stereocenters. The molecule has 0 heterocycles. The van der Waals surface area contributed by atoms with Crippen LogP contribution in [-0.4, -0.2) is 34.5 Å². The minimum atomic E-state index is -3.79. The van der Waals surface area contributed by atoms with Crippen LogP contribution < -0.4 is 15.4 Å². The molecule has 0 saturated carbocycles. The Balaban J connectivity index is 2.31. The lowest BCUT2D eigenvalue weighted by molar-refractivity contribution is 0.0955. The molecule has 0 spiro atoms. The van der Waals surface area contributed by atoms with Gasteiger partial charge in [-0.25, -0.2) is 8.42 Å². The molecule has 1 amide bonds. The number of carbonyl (C=O) groups excluding carboxylic acids is 1. The number of nitrogens with one attached hydrogen (secondary N) is 3. The minimum Gasteiger partial charge on any atom is -0.351 e. The number of likely N-dealkylation sites (N-methyl/N-ethyl adjacent to an activating group) is 1. The van der Waals surface area contributed by atoms with Gasteiger partial charge in [-0.05, 0) is 50.2 Å². The Labute approximate surface area is 148 Å². The fourth-order valence-corrected chi connectivity index (χ4v) is 3.77. The molecule has 25 heavy (non-hydrogen) atoms. The lowest BCUT2D eigenvalue weighted by Crippen LogP contribution is -2.31. The van der Waals surface area contributed by atoms with E-state index in [1.807, 2.05) is 13.0 Å². The third-order valence-electron chi connectivity index (χ3n) is 3.71. The molecule has 2 aromatic rings. The van der Waals surface area contributed by atoms with Gasteiger partial charge < -0.3 is 10.6 Å². The van der Waals surface area contributed by atoms with Gasteiger partial charge in [-0.2, -0.15) is 0 Å². The number of rotatable bonds is 7. The van der Waals surface area contributed by atoms with E-state index in [1.165, 1.54) is 0 Å². The molecule has 0 unspecified atom stereocenters. The van der Waals surface area contributed by atoms with Crippen LogP contribution in [-0.2, 0) is 10.0 Å². The molecule has 0 radical (unpaired) electrons. The van der Waals surface area contributed by atoms with Gasteiger partial charge in [-0.1, -0.05) is 24.3 Å². The van der Waals surface area contributed by atoms with Crippen LogP contribution in [0.3, 0.4) is 0 Å². The summed E-state index contributed by atoms with van der Waals surface area (Å²) in [5.74, 6) is -0.325. The largest absolute Gasteiger partial charge is 0.351 e. The summed E-state index contributed by atoms with van der Waals surface area (Å²) in [4.78, 5) is 12.5. The average molecular weight is 361 g/mol. The Morgan fingerprint density at radius 2 is 1.76 bits per heavy atom. The number of amides is 1. The van der Waals surface area contributed by atoms with Gasteiger partial charge in [0.15, 0.2) is 0 Å². The van der Waals surface area contributed by atoms with Crippen molar-refractivity contribution in [2.24, 2.45) is 0 Å². The van der Waals surface area contributed by atoms with E-state index in [4.69, 9.17) is 0 Å². The number of sulfonamides is 1. The van der Waals surface area contributed by atoms with Crippen LogP contribution in [0.1, 0.15) is 21.5 Å². The van der Waals surface area contributed by atoms with Crippen molar-refractivity contribution in [3.05, 3.63) is 59.2 Å². The highest BCUT2D eigenvalue weighted by Gasteiger charge is 2.20. The van der Waals surface area contributed by atoms with E-state index in [-0.39, 0.29) is 22.1 Å². The fourth-order valence-electron chi connectivity index (χ4n) is 2.36. The average Bonchev–Trinajstić information content (AvgIpc) is 2.57. The normalized spacial score (nSPS) is 11.2. The number of carbonyl (C=O) groups is 1.